The van der Waals surface area contributed by atoms with Crippen molar-refractivity contribution < 1.29 is 18.4 Å². The second-order valence-corrected chi connectivity index (χ2v) is 5.66. The number of carbonyl (C=O) groups excluding carboxylic acids is 1. The van der Waals surface area contributed by atoms with E-state index in [-0.39, 0.29) is 12.3 Å². The largest absolute Gasteiger partial charge is 0.487 e. The van der Waals surface area contributed by atoms with Gasteiger partial charge in [0.25, 0.3) is 5.91 Å². The van der Waals surface area contributed by atoms with E-state index in [1.165, 1.54) is 18.2 Å². The van der Waals surface area contributed by atoms with Gasteiger partial charge in [-0.2, -0.15) is 0 Å². The Morgan fingerprint density at radius 1 is 1.28 bits per heavy atom. The molecule has 0 saturated heterocycles. The highest BCUT2D eigenvalue weighted by Gasteiger charge is 2.21. The number of nitrogens with zero attached hydrogens (tertiary/aromatic N) is 1. The van der Waals surface area contributed by atoms with E-state index < -0.39 is 11.7 Å². The van der Waals surface area contributed by atoms with E-state index in [2.05, 4.69) is 10.5 Å². The average Bonchev–Trinajstić information content (AvgIpc) is 2.95. The van der Waals surface area contributed by atoms with Crippen molar-refractivity contribution in [2.24, 2.45) is 0 Å². The van der Waals surface area contributed by atoms with Crippen molar-refractivity contribution >= 4 is 23.2 Å². The lowest BCUT2D eigenvalue weighted by Crippen LogP contribution is -2.15. The molecule has 1 N–H and O–H groups in total. The number of aryl methyl sites for hydroxylation is 1. The molecule has 3 rings (SSSR count). The fourth-order valence-corrected chi connectivity index (χ4v) is 2.40. The predicted octanol–water partition coefficient (Wildman–Crippen LogP) is 4.61. The monoisotopic (exact) mass is 360 g/mol. The second-order valence-electron chi connectivity index (χ2n) is 5.25. The van der Waals surface area contributed by atoms with E-state index in [9.17, 15) is 9.18 Å². The minimum atomic E-state index is -0.514. The van der Waals surface area contributed by atoms with Crippen LogP contribution < -0.4 is 10.1 Å². The van der Waals surface area contributed by atoms with E-state index in [0.717, 1.165) is 0 Å². The van der Waals surface area contributed by atoms with Crippen molar-refractivity contribution in [2.75, 3.05) is 5.32 Å². The number of halogens is 2. The van der Waals surface area contributed by atoms with Gasteiger partial charge in [-0.15, -0.1) is 0 Å². The van der Waals surface area contributed by atoms with Crippen molar-refractivity contribution in [1.82, 2.24) is 5.16 Å². The van der Waals surface area contributed by atoms with Crippen LogP contribution in [0.5, 0.6) is 5.75 Å². The number of anilines is 1. The van der Waals surface area contributed by atoms with Gasteiger partial charge < -0.3 is 14.6 Å². The zero-order valence-electron chi connectivity index (χ0n) is 13.3. The Kier molecular flexibility index (Phi) is 5.00. The van der Waals surface area contributed by atoms with Gasteiger partial charge in [-0.25, -0.2) is 4.39 Å². The van der Waals surface area contributed by atoms with E-state index in [1.807, 2.05) is 0 Å². The van der Waals surface area contributed by atoms with Crippen LogP contribution >= 0.6 is 11.6 Å². The normalized spacial score (nSPS) is 10.5. The molecule has 0 saturated carbocycles. The van der Waals surface area contributed by atoms with Crippen LogP contribution in [0, 0.1) is 12.7 Å². The number of nitrogens with one attached hydrogen (secondary N) is 1. The van der Waals surface area contributed by atoms with E-state index in [1.54, 1.807) is 37.3 Å². The number of aromatic nitrogens is 1. The molecule has 0 bridgehead atoms. The first-order valence-electron chi connectivity index (χ1n) is 7.44. The molecule has 2 aromatic carbocycles. The van der Waals surface area contributed by atoms with Crippen molar-refractivity contribution in [3.05, 3.63) is 76.4 Å². The number of para-hydroxylation sites is 1. The van der Waals surface area contributed by atoms with Crippen LogP contribution in [0.1, 0.15) is 21.8 Å². The lowest BCUT2D eigenvalue weighted by Gasteiger charge is -2.08. The Morgan fingerprint density at radius 2 is 2.08 bits per heavy atom. The molecule has 0 spiro atoms. The van der Waals surface area contributed by atoms with Crippen molar-refractivity contribution in [2.45, 2.75) is 13.5 Å². The molecule has 0 radical (unpaired) electrons. The minimum Gasteiger partial charge on any atom is -0.487 e. The molecule has 3 aromatic rings. The second kappa shape index (κ2) is 7.36. The number of hydrogen-bond acceptors (Lipinski definition) is 4. The summed E-state index contributed by atoms with van der Waals surface area (Å²) in [6.07, 6.45) is 0. The molecular formula is C18H14ClFN2O3. The zero-order valence-corrected chi connectivity index (χ0v) is 14.0. The fraction of sp³-hybridized carbons (Fsp3) is 0.111. The number of ether oxygens (including phenoxy) is 1. The van der Waals surface area contributed by atoms with Crippen molar-refractivity contribution in [3.8, 4) is 5.75 Å². The Morgan fingerprint density at radius 3 is 2.84 bits per heavy atom. The third-order valence-electron chi connectivity index (χ3n) is 3.49. The van der Waals surface area contributed by atoms with Gasteiger partial charge in [0.15, 0.2) is 5.69 Å². The smallest absolute Gasteiger partial charge is 0.278 e. The zero-order chi connectivity index (χ0) is 17.8. The van der Waals surface area contributed by atoms with Gasteiger partial charge in [0, 0.05) is 5.69 Å². The molecule has 0 fully saturated rings. The van der Waals surface area contributed by atoms with Gasteiger partial charge in [-0.3, -0.25) is 4.79 Å². The van der Waals surface area contributed by atoms with E-state index in [0.29, 0.717) is 27.8 Å². The van der Waals surface area contributed by atoms with Crippen LogP contribution in [0.2, 0.25) is 5.02 Å². The lowest BCUT2D eigenvalue weighted by molar-refractivity contribution is 0.101. The first-order chi connectivity index (χ1) is 12.0. The fourth-order valence-electron chi connectivity index (χ4n) is 2.21. The summed E-state index contributed by atoms with van der Waals surface area (Å²) in [6, 6.07) is 12.6. The molecule has 1 aromatic heterocycles. The van der Waals surface area contributed by atoms with Crippen LogP contribution in [0.25, 0.3) is 0 Å². The minimum absolute atomic E-state index is 0.0605. The number of hydrogen-bond donors (Lipinski definition) is 1. The van der Waals surface area contributed by atoms with Crippen LogP contribution in [0.4, 0.5) is 10.1 Å². The van der Waals surface area contributed by atoms with Gasteiger partial charge >= 0.3 is 0 Å². The molecule has 0 unspecified atom stereocenters. The SMILES string of the molecule is Cc1onc(C(=O)Nc2cccc(F)c2)c1COc1ccccc1Cl. The molecule has 0 aliphatic heterocycles. The van der Waals surface area contributed by atoms with Gasteiger partial charge in [0.1, 0.15) is 23.9 Å². The average molecular weight is 361 g/mol. The summed E-state index contributed by atoms with van der Waals surface area (Å²) in [4.78, 5) is 12.4. The van der Waals surface area contributed by atoms with Crippen LogP contribution in [-0.2, 0) is 6.61 Å². The van der Waals surface area contributed by atoms with Gasteiger partial charge in [-0.1, -0.05) is 35.0 Å². The lowest BCUT2D eigenvalue weighted by atomic mass is 10.2. The molecule has 25 heavy (non-hydrogen) atoms. The summed E-state index contributed by atoms with van der Waals surface area (Å²) in [6.45, 7) is 1.74. The molecular weight excluding hydrogens is 347 g/mol. The Labute approximate surface area is 148 Å². The number of benzene rings is 2. The molecule has 0 aliphatic carbocycles. The van der Waals surface area contributed by atoms with Crippen LogP contribution in [0.3, 0.4) is 0 Å². The highest BCUT2D eigenvalue weighted by Crippen LogP contribution is 2.25. The van der Waals surface area contributed by atoms with Gasteiger partial charge in [0.05, 0.1) is 10.6 Å². The Balaban J connectivity index is 1.77. The molecule has 5 nitrogen and oxygen atoms in total. The summed E-state index contributed by atoms with van der Waals surface area (Å²) >= 11 is 6.05. The Hall–Kier alpha value is -2.86. The molecule has 1 heterocycles. The van der Waals surface area contributed by atoms with Crippen molar-refractivity contribution in [1.29, 1.82) is 0 Å². The third-order valence-corrected chi connectivity index (χ3v) is 3.80. The maximum atomic E-state index is 13.2. The summed E-state index contributed by atoms with van der Waals surface area (Å²) in [7, 11) is 0. The summed E-state index contributed by atoms with van der Waals surface area (Å²) in [5, 5.41) is 6.81. The maximum Gasteiger partial charge on any atom is 0.278 e. The van der Waals surface area contributed by atoms with E-state index in [4.69, 9.17) is 20.9 Å². The van der Waals surface area contributed by atoms with E-state index >= 15 is 0 Å². The number of carbonyl (C=O) groups is 1. The highest BCUT2D eigenvalue weighted by molar-refractivity contribution is 6.32. The number of rotatable bonds is 5. The quantitative estimate of drug-likeness (QED) is 0.721. The topological polar surface area (TPSA) is 64.4 Å². The van der Waals surface area contributed by atoms with Crippen LogP contribution in [0.15, 0.2) is 53.1 Å². The summed E-state index contributed by atoms with van der Waals surface area (Å²) < 4.78 is 24.0. The maximum absolute atomic E-state index is 13.2. The first kappa shape index (κ1) is 17.0. The van der Waals surface area contributed by atoms with Gasteiger partial charge in [0.2, 0.25) is 0 Å². The molecule has 128 valence electrons. The van der Waals surface area contributed by atoms with Crippen molar-refractivity contribution in [3.63, 3.8) is 0 Å². The molecule has 7 heteroatoms. The molecule has 0 atom stereocenters. The predicted molar refractivity (Wildman–Crippen MR) is 91.4 cm³/mol. The third kappa shape index (κ3) is 3.97. The highest BCUT2D eigenvalue weighted by atomic mass is 35.5. The number of amides is 1. The molecule has 0 aliphatic rings. The summed E-state index contributed by atoms with van der Waals surface area (Å²) in [5.41, 5.74) is 0.895. The summed E-state index contributed by atoms with van der Waals surface area (Å²) in [5.74, 6) is -0.0191. The van der Waals surface area contributed by atoms with Crippen LogP contribution in [-0.4, -0.2) is 11.1 Å². The first-order valence-corrected chi connectivity index (χ1v) is 7.82. The standard InChI is InChI=1S/C18H14ClFN2O3/c1-11-14(10-24-16-8-3-2-7-15(16)19)17(22-25-11)18(23)21-13-6-4-5-12(20)9-13/h2-9H,10H2,1H3,(H,21,23). The molecule has 1 amide bonds. The van der Waals surface area contributed by atoms with Gasteiger partial charge in [-0.05, 0) is 37.3 Å². The Bertz CT molecular complexity index is 911.